The van der Waals surface area contributed by atoms with Gasteiger partial charge in [0.05, 0.1) is 5.52 Å². The molecule has 5 heteroatoms. The first-order chi connectivity index (χ1) is 14.3. The number of amides is 1. The van der Waals surface area contributed by atoms with E-state index >= 15 is 0 Å². The molecule has 3 aromatic carbocycles. The minimum Gasteiger partial charge on any atom is -0.489 e. The van der Waals surface area contributed by atoms with Crippen LogP contribution in [0.1, 0.15) is 21.6 Å². The van der Waals surface area contributed by atoms with Gasteiger partial charge < -0.3 is 19.8 Å². The normalized spacial score (nSPS) is 13.0. The number of carbonyl (C=O) groups is 1. The number of benzene rings is 3. The molecule has 0 atom stereocenters. The highest BCUT2D eigenvalue weighted by Gasteiger charge is 2.23. The van der Waals surface area contributed by atoms with Crippen molar-refractivity contribution in [3.05, 3.63) is 89.6 Å². The lowest BCUT2D eigenvalue weighted by Crippen LogP contribution is -2.31. The second kappa shape index (κ2) is 7.36. The van der Waals surface area contributed by atoms with E-state index in [4.69, 9.17) is 9.47 Å². The van der Waals surface area contributed by atoms with Crippen LogP contribution in [0.2, 0.25) is 0 Å². The fraction of sp³-hybridized carbons (Fsp3) is 0.125. The minimum atomic E-state index is -0.0617. The second-order valence-electron chi connectivity index (χ2n) is 7.01. The lowest BCUT2D eigenvalue weighted by molar-refractivity contribution is 0.0942. The van der Waals surface area contributed by atoms with E-state index in [9.17, 15) is 4.79 Å². The highest BCUT2D eigenvalue weighted by Crippen LogP contribution is 2.34. The van der Waals surface area contributed by atoms with E-state index < -0.39 is 0 Å². The lowest BCUT2D eigenvalue weighted by Gasteiger charge is -2.11. The zero-order chi connectivity index (χ0) is 19.6. The van der Waals surface area contributed by atoms with Gasteiger partial charge in [-0.25, -0.2) is 0 Å². The van der Waals surface area contributed by atoms with Gasteiger partial charge in [-0.15, -0.1) is 0 Å². The van der Waals surface area contributed by atoms with Crippen LogP contribution < -0.4 is 14.8 Å². The third kappa shape index (κ3) is 3.43. The second-order valence-corrected chi connectivity index (χ2v) is 7.01. The van der Waals surface area contributed by atoms with Crippen molar-refractivity contribution in [3.63, 3.8) is 0 Å². The number of aromatic amines is 1. The van der Waals surface area contributed by atoms with Gasteiger partial charge in [0.1, 0.15) is 23.8 Å². The van der Waals surface area contributed by atoms with E-state index in [-0.39, 0.29) is 5.91 Å². The molecule has 2 heterocycles. The van der Waals surface area contributed by atoms with Gasteiger partial charge in [-0.2, -0.15) is 0 Å². The molecular formula is C24H20N2O3. The van der Waals surface area contributed by atoms with Gasteiger partial charge in [0, 0.05) is 11.9 Å². The molecule has 1 aliphatic heterocycles. The van der Waals surface area contributed by atoms with Crippen LogP contribution in [0.3, 0.4) is 0 Å². The topological polar surface area (TPSA) is 63.4 Å². The summed E-state index contributed by atoms with van der Waals surface area (Å²) in [5.41, 5.74) is 3.66. The maximum Gasteiger partial charge on any atom is 0.268 e. The molecule has 144 valence electrons. The summed E-state index contributed by atoms with van der Waals surface area (Å²) in [6, 6.07) is 23.5. The summed E-state index contributed by atoms with van der Waals surface area (Å²) >= 11 is 0. The first-order valence-electron chi connectivity index (χ1n) is 9.64. The predicted molar refractivity (Wildman–Crippen MR) is 112 cm³/mol. The standard InChI is InChI=1S/C24H20N2O3/c27-24-23-20(13-14-25-24)19-7-4-8-21(22(19)26-23)29-18-11-9-17(10-12-18)28-15-16-5-2-1-3-6-16/h1-12,26H,13-15H2,(H,25,27). The number of aromatic nitrogens is 1. The molecular weight excluding hydrogens is 364 g/mol. The van der Waals surface area contributed by atoms with Gasteiger partial charge in [-0.1, -0.05) is 42.5 Å². The molecule has 5 nitrogen and oxygen atoms in total. The van der Waals surface area contributed by atoms with Crippen molar-refractivity contribution in [2.45, 2.75) is 13.0 Å². The molecule has 0 radical (unpaired) electrons. The molecule has 0 saturated heterocycles. The van der Waals surface area contributed by atoms with Crippen molar-refractivity contribution in [2.75, 3.05) is 6.54 Å². The van der Waals surface area contributed by atoms with Gasteiger partial charge in [-0.3, -0.25) is 4.79 Å². The van der Waals surface area contributed by atoms with Gasteiger partial charge in [0.2, 0.25) is 0 Å². The van der Waals surface area contributed by atoms with E-state index in [1.807, 2.05) is 72.8 Å². The molecule has 0 fully saturated rings. The molecule has 0 aliphatic carbocycles. The van der Waals surface area contributed by atoms with Crippen LogP contribution >= 0.6 is 0 Å². The molecule has 29 heavy (non-hydrogen) atoms. The first kappa shape index (κ1) is 17.4. The molecule has 4 aromatic rings. The molecule has 1 aromatic heterocycles. The summed E-state index contributed by atoms with van der Waals surface area (Å²) in [4.78, 5) is 15.4. The summed E-state index contributed by atoms with van der Waals surface area (Å²) < 4.78 is 11.9. The maximum absolute atomic E-state index is 12.1. The Balaban J connectivity index is 1.35. The van der Waals surface area contributed by atoms with Crippen LogP contribution in [0.25, 0.3) is 10.9 Å². The summed E-state index contributed by atoms with van der Waals surface area (Å²) in [5, 5.41) is 3.91. The molecule has 1 aliphatic rings. The van der Waals surface area contributed by atoms with E-state index in [0.29, 0.717) is 30.3 Å². The Kier molecular flexibility index (Phi) is 4.41. The Labute approximate surface area is 168 Å². The molecule has 1 amide bonds. The number of rotatable bonds is 5. The lowest BCUT2D eigenvalue weighted by atomic mass is 10.0. The van der Waals surface area contributed by atoms with Gasteiger partial charge >= 0.3 is 0 Å². The van der Waals surface area contributed by atoms with E-state index in [1.54, 1.807) is 0 Å². The van der Waals surface area contributed by atoms with Crippen molar-refractivity contribution in [1.29, 1.82) is 0 Å². The summed E-state index contributed by atoms with van der Waals surface area (Å²) in [6.45, 7) is 1.19. The fourth-order valence-corrected chi connectivity index (χ4v) is 3.65. The van der Waals surface area contributed by atoms with Crippen LogP contribution in [-0.4, -0.2) is 17.4 Å². The Morgan fingerprint density at radius 1 is 0.862 bits per heavy atom. The number of nitrogens with one attached hydrogen (secondary N) is 2. The zero-order valence-corrected chi connectivity index (χ0v) is 15.8. The van der Waals surface area contributed by atoms with Crippen LogP contribution in [0, 0.1) is 0 Å². The maximum atomic E-state index is 12.1. The Hall–Kier alpha value is -3.73. The summed E-state index contributed by atoms with van der Waals surface area (Å²) in [7, 11) is 0. The fourth-order valence-electron chi connectivity index (χ4n) is 3.65. The zero-order valence-electron chi connectivity index (χ0n) is 15.8. The highest BCUT2D eigenvalue weighted by molar-refractivity contribution is 6.03. The Morgan fingerprint density at radius 2 is 1.66 bits per heavy atom. The van der Waals surface area contributed by atoms with E-state index in [2.05, 4.69) is 10.3 Å². The summed E-state index contributed by atoms with van der Waals surface area (Å²) in [5.74, 6) is 2.13. The third-order valence-electron chi connectivity index (χ3n) is 5.09. The molecule has 0 spiro atoms. The monoisotopic (exact) mass is 384 g/mol. The number of hydrogen-bond donors (Lipinski definition) is 2. The average Bonchev–Trinajstić information content (AvgIpc) is 3.15. The quantitative estimate of drug-likeness (QED) is 0.518. The van der Waals surface area contributed by atoms with Gasteiger partial charge in [0.25, 0.3) is 5.91 Å². The SMILES string of the molecule is O=C1NCCc2c1[nH]c1c(Oc3ccc(OCc4ccccc4)cc3)cccc21. The van der Waals surface area contributed by atoms with Crippen molar-refractivity contribution in [1.82, 2.24) is 10.3 Å². The number of fused-ring (bicyclic) bond motifs is 3. The van der Waals surface area contributed by atoms with Gasteiger partial charge in [-0.05, 0) is 47.9 Å². The van der Waals surface area contributed by atoms with Crippen LogP contribution in [0.15, 0.2) is 72.8 Å². The first-order valence-corrected chi connectivity index (χ1v) is 9.64. The molecule has 0 bridgehead atoms. The smallest absolute Gasteiger partial charge is 0.268 e. The van der Waals surface area contributed by atoms with Crippen molar-refractivity contribution < 1.29 is 14.3 Å². The predicted octanol–water partition coefficient (Wildman–Crippen LogP) is 4.83. The number of para-hydroxylation sites is 1. The van der Waals surface area contributed by atoms with Crippen molar-refractivity contribution in [3.8, 4) is 17.2 Å². The molecule has 0 saturated carbocycles. The van der Waals surface area contributed by atoms with Crippen molar-refractivity contribution >= 4 is 16.8 Å². The number of ether oxygens (including phenoxy) is 2. The Morgan fingerprint density at radius 3 is 2.48 bits per heavy atom. The molecule has 5 rings (SSSR count). The molecule has 2 N–H and O–H groups in total. The summed E-state index contributed by atoms with van der Waals surface area (Å²) in [6.07, 6.45) is 0.817. The largest absolute Gasteiger partial charge is 0.489 e. The third-order valence-corrected chi connectivity index (χ3v) is 5.09. The van der Waals surface area contributed by atoms with Crippen LogP contribution in [0.4, 0.5) is 0 Å². The highest BCUT2D eigenvalue weighted by atomic mass is 16.5. The van der Waals surface area contributed by atoms with Crippen molar-refractivity contribution in [2.24, 2.45) is 0 Å². The minimum absolute atomic E-state index is 0.0617. The number of H-pyrrole nitrogens is 1. The molecule has 0 unspecified atom stereocenters. The number of carbonyl (C=O) groups excluding carboxylic acids is 1. The number of hydrogen-bond acceptors (Lipinski definition) is 3. The van der Waals surface area contributed by atoms with E-state index in [0.717, 1.165) is 34.2 Å². The van der Waals surface area contributed by atoms with Crippen LogP contribution in [-0.2, 0) is 13.0 Å². The van der Waals surface area contributed by atoms with Gasteiger partial charge in [0.15, 0.2) is 5.75 Å². The average molecular weight is 384 g/mol. The Bertz CT molecular complexity index is 1160. The van der Waals surface area contributed by atoms with Crippen LogP contribution in [0.5, 0.6) is 17.2 Å². The van der Waals surface area contributed by atoms with E-state index in [1.165, 1.54) is 0 Å².